The fourth-order valence-corrected chi connectivity index (χ4v) is 2.29. The summed E-state index contributed by atoms with van der Waals surface area (Å²) in [5.74, 6) is -2.15. The van der Waals surface area contributed by atoms with E-state index in [1.54, 1.807) is 0 Å². The lowest BCUT2D eigenvalue weighted by atomic mass is 10.2. The normalized spacial score (nSPS) is 11.3. The predicted octanol–water partition coefficient (Wildman–Crippen LogP) is 2.39. The van der Waals surface area contributed by atoms with Crippen LogP contribution in [0.3, 0.4) is 0 Å². The van der Waals surface area contributed by atoms with Crippen LogP contribution >= 0.6 is 0 Å². The second kappa shape index (κ2) is 7.61. The molecule has 3 rings (SSSR count). The van der Waals surface area contributed by atoms with Crippen molar-refractivity contribution in [1.29, 1.82) is 0 Å². The third-order valence-electron chi connectivity index (χ3n) is 3.49. The molecule has 3 aromatic heterocycles. The van der Waals surface area contributed by atoms with Gasteiger partial charge in [-0.25, -0.2) is 14.8 Å². The maximum absolute atomic E-state index is 12.3. The van der Waals surface area contributed by atoms with Crippen LogP contribution in [-0.4, -0.2) is 49.5 Å². The molecular formula is C16H13F3N6O4. The van der Waals surface area contributed by atoms with Crippen molar-refractivity contribution in [3.63, 3.8) is 0 Å². The summed E-state index contributed by atoms with van der Waals surface area (Å²) < 4.78 is 43.4. The number of nitrogens with one attached hydrogen (secondary N) is 2. The third-order valence-corrected chi connectivity index (χ3v) is 3.49. The molecule has 3 aromatic rings. The van der Waals surface area contributed by atoms with Crippen LogP contribution in [0.4, 0.5) is 24.7 Å². The summed E-state index contributed by atoms with van der Waals surface area (Å²) in [5, 5.41) is 17.3. The second-order valence-electron chi connectivity index (χ2n) is 5.76. The number of oxazole rings is 1. The molecule has 0 aliphatic carbocycles. The van der Waals surface area contributed by atoms with Gasteiger partial charge >= 0.3 is 12.1 Å². The molecule has 3 N–H and O–H groups in total. The van der Waals surface area contributed by atoms with Gasteiger partial charge in [-0.15, -0.1) is 0 Å². The van der Waals surface area contributed by atoms with Gasteiger partial charge in [0.1, 0.15) is 18.6 Å². The predicted molar refractivity (Wildman–Crippen MR) is 92.4 cm³/mol. The van der Waals surface area contributed by atoms with Crippen LogP contribution in [0.1, 0.15) is 21.0 Å². The summed E-state index contributed by atoms with van der Waals surface area (Å²) in [5.41, 5.74) is -0.255. The van der Waals surface area contributed by atoms with Gasteiger partial charge < -0.3 is 20.2 Å². The number of amides is 1. The van der Waals surface area contributed by atoms with Crippen molar-refractivity contribution >= 4 is 23.4 Å². The summed E-state index contributed by atoms with van der Waals surface area (Å²) in [6, 6.07) is 2.72. The van der Waals surface area contributed by atoms with Gasteiger partial charge in [-0.3, -0.25) is 9.48 Å². The highest BCUT2D eigenvalue weighted by atomic mass is 19.4. The second-order valence-corrected chi connectivity index (χ2v) is 5.76. The summed E-state index contributed by atoms with van der Waals surface area (Å²) >= 11 is 0. The number of carbonyl (C=O) groups is 2. The average molecular weight is 410 g/mol. The van der Waals surface area contributed by atoms with Crippen LogP contribution < -0.4 is 10.6 Å². The number of alkyl halides is 3. The number of nitrogens with zero attached hydrogens (tertiary/aromatic N) is 4. The molecule has 0 aromatic carbocycles. The third kappa shape index (κ3) is 4.88. The van der Waals surface area contributed by atoms with Gasteiger partial charge in [0.05, 0.1) is 5.69 Å². The summed E-state index contributed by atoms with van der Waals surface area (Å²) in [4.78, 5) is 31.2. The fraction of sp³-hybridized carbons (Fsp3) is 0.188. The van der Waals surface area contributed by atoms with Crippen LogP contribution in [0.2, 0.25) is 0 Å². The Labute approximate surface area is 160 Å². The van der Waals surface area contributed by atoms with E-state index in [1.807, 2.05) is 0 Å². The number of rotatable bonds is 6. The minimum atomic E-state index is -4.41. The maximum atomic E-state index is 12.3. The Hall–Kier alpha value is -3.90. The van der Waals surface area contributed by atoms with Crippen LogP contribution in [0, 0.1) is 0 Å². The zero-order chi connectivity index (χ0) is 21.2. The lowest BCUT2D eigenvalue weighted by Gasteiger charge is -2.08. The maximum Gasteiger partial charge on any atom is 0.405 e. The number of aryl methyl sites for hydroxylation is 1. The molecule has 0 saturated carbocycles. The van der Waals surface area contributed by atoms with Crippen molar-refractivity contribution in [2.24, 2.45) is 7.05 Å². The number of hydrogen-bond donors (Lipinski definition) is 3. The molecule has 0 aliphatic heterocycles. The summed E-state index contributed by atoms with van der Waals surface area (Å²) in [6.07, 6.45) is -0.811. The van der Waals surface area contributed by atoms with E-state index >= 15 is 0 Å². The van der Waals surface area contributed by atoms with Crippen molar-refractivity contribution in [2.45, 2.75) is 6.18 Å². The monoisotopic (exact) mass is 410 g/mol. The van der Waals surface area contributed by atoms with Gasteiger partial charge in [0.15, 0.2) is 11.4 Å². The number of aromatic carboxylic acids is 1. The molecule has 0 saturated heterocycles. The van der Waals surface area contributed by atoms with Gasteiger partial charge in [0.25, 0.3) is 5.91 Å². The highest BCUT2D eigenvalue weighted by Gasteiger charge is 2.27. The Morgan fingerprint density at radius 3 is 2.79 bits per heavy atom. The average Bonchev–Trinajstić information content (AvgIpc) is 3.27. The molecule has 13 heteroatoms. The summed E-state index contributed by atoms with van der Waals surface area (Å²) in [6.45, 7) is -1.26. The quantitative estimate of drug-likeness (QED) is 0.564. The minimum Gasteiger partial charge on any atom is -0.476 e. The van der Waals surface area contributed by atoms with E-state index in [-0.39, 0.29) is 34.3 Å². The van der Waals surface area contributed by atoms with Gasteiger partial charge in [-0.2, -0.15) is 18.3 Å². The van der Waals surface area contributed by atoms with E-state index in [4.69, 9.17) is 9.52 Å². The molecule has 0 unspecified atom stereocenters. The number of carbonyl (C=O) groups excluding carboxylic acids is 1. The number of pyridine rings is 1. The van der Waals surface area contributed by atoms with Gasteiger partial charge in [0.2, 0.25) is 5.89 Å². The van der Waals surface area contributed by atoms with Crippen molar-refractivity contribution in [2.75, 3.05) is 17.2 Å². The van der Waals surface area contributed by atoms with Crippen molar-refractivity contribution < 1.29 is 32.3 Å². The molecule has 3 heterocycles. The zero-order valence-corrected chi connectivity index (χ0v) is 14.7. The number of anilines is 2. The first-order valence-electron chi connectivity index (χ1n) is 7.93. The van der Waals surface area contributed by atoms with Crippen LogP contribution in [0.5, 0.6) is 0 Å². The number of carboxylic acids is 1. The molecule has 0 fully saturated rings. The molecule has 10 nitrogen and oxygen atoms in total. The Bertz CT molecular complexity index is 1060. The van der Waals surface area contributed by atoms with Gasteiger partial charge in [0, 0.05) is 25.0 Å². The smallest absolute Gasteiger partial charge is 0.405 e. The molecule has 29 heavy (non-hydrogen) atoms. The lowest BCUT2D eigenvalue weighted by molar-refractivity contribution is -0.115. The number of halogens is 3. The first-order valence-corrected chi connectivity index (χ1v) is 7.93. The van der Waals surface area contributed by atoms with E-state index in [0.29, 0.717) is 0 Å². The molecule has 0 spiro atoms. The molecule has 152 valence electrons. The summed E-state index contributed by atoms with van der Waals surface area (Å²) in [7, 11) is 1.49. The van der Waals surface area contributed by atoms with Crippen LogP contribution in [-0.2, 0) is 7.05 Å². The highest BCUT2D eigenvalue weighted by Crippen LogP contribution is 2.23. The number of hydrogen-bond acceptors (Lipinski definition) is 7. The van der Waals surface area contributed by atoms with E-state index in [9.17, 15) is 22.8 Å². The van der Waals surface area contributed by atoms with Crippen LogP contribution in [0.25, 0.3) is 11.5 Å². The number of aromatic nitrogens is 4. The standard InChI is InChI=1S/C16H13F3N6O4/c1-25-5-9(12(24-25)15(27)28)22-13(26)10-6-29-14(23-10)8-2-3-20-11(4-8)21-7-16(17,18)19/h2-6H,7H2,1H3,(H,20,21)(H,22,26)(H,27,28). The lowest BCUT2D eigenvalue weighted by Crippen LogP contribution is -2.21. The molecular weight excluding hydrogens is 397 g/mol. The molecule has 0 radical (unpaired) electrons. The highest BCUT2D eigenvalue weighted by molar-refractivity contribution is 6.06. The SMILES string of the molecule is Cn1cc(NC(=O)c2coc(-c3ccnc(NCC(F)(F)F)c3)n2)c(C(=O)O)n1. The van der Waals surface area contributed by atoms with E-state index < -0.39 is 24.6 Å². The zero-order valence-electron chi connectivity index (χ0n) is 14.7. The Balaban J connectivity index is 1.75. The minimum absolute atomic E-state index is 0.0303. The Morgan fingerprint density at radius 2 is 2.10 bits per heavy atom. The molecule has 1 amide bonds. The van der Waals surface area contributed by atoms with Gasteiger partial charge in [-0.1, -0.05) is 0 Å². The first kappa shape index (κ1) is 19.9. The fourth-order valence-electron chi connectivity index (χ4n) is 2.29. The van der Waals surface area contributed by atoms with E-state index in [1.165, 1.54) is 36.3 Å². The van der Waals surface area contributed by atoms with Crippen molar-refractivity contribution in [3.8, 4) is 11.5 Å². The Kier molecular flexibility index (Phi) is 5.21. The topological polar surface area (TPSA) is 135 Å². The molecule has 0 bridgehead atoms. The van der Waals surface area contributed by atoms with E-state index in [2.05, 4.69) is 25.7 Å². The van der Waals surface area contributed by atoms with Crippen molar-refractivity contribution in [3.05, 3.63) is 42.2 Å². The van der Waals surface area contributed by atoms with E-state index in [0.717, 1.165) is 6.26 Å². The molecule has 0 aliphatic rings. The molecule has 0 atom stereocenters. The van der Waals surface area contributed by atoms with Gasteiger partial charge in [-0.05, 0) is 12.1 Å². The Morgan fingerprint density at radius 1 is 1.34 bits per heavy atom. The first-order chi connectivity index (χ1) is 13.6. The largest absolute Gasteiger partial charge is 0.476 e. The number of carboxylic acid groups (broad SMARTS) is 1. The van der Waals surface area contributed by atoms with Crippen LogP contribution in [0.15, 0.2) is 35.2 Å². The van der Waals surface area contributed by atoms with Crippen molar-refractivity contribution in [1.82, 2.24) is 19.7 Å².